The van der Waals surface area contributed by atoms with Crippen LogP contribution in [0.25, 0.3) is 0 Å². The van der Waals surface area contributed by atoms with Crippen LogP contribution in [0.2, 0.25) is 0 Å². The molecule has 1 aromatic rings. The van der Waals surface area contributed by atoms with E-state index in [1.165, 1.54) is 18.4 Å². The first-order valence-corrected chi connectivity index (χ1v) is 9.28. The Hall–Kier alpha value is -0.920. The molecule has 0 aromatic heterocycles. The maximum absolute atomic E-state index is 12.3. The molecular weight excluding hydrogens is 306 g/mol. The van der Waals surface area contributed by atoms with E-state index in [0.717, 1.165) is 24.5 Å². The third kappa shape index (κ3) is 3.30. The van der Waals surface area contributed by atoms with E-state index in [1.807, 2.05) is 17.8 Å². The zero-order valence-corrected chi connectivity index (χ0v) is 14.6. The molecule has 1 saturated heterocycles. The van der Waals surface area contributed by atoms with Crippen LogP contribution in [0.4, 0.5) is 11.4 Å². The standard InChI is InChI=1S/C14H23N3O2S2/c1-14(2)10-17(8-9-20-14)11-6-5-7-12(13(11)15)21(18,19)16(3)4/h5-7H,8-10,15H2,1-4H3. The lowest BCUT2D eigenvalue weighted by molar-refractivity contribution is 0.521. The van der Waals surface area contributed by atoms with Crippen molar-refractivity contribution in [2.45, 2.75) is 23.5 Å². The van der Waals surface area contributed by atoms with Crippen LogP contribution >= 0.6 is 11.8 Å². The van der Waals surface area contributed by atoms with Gasteiger partial charge >= 0.3 is 0 Å². The molecule has 1 aliphatic heterocycles. The summed E-state index contributed by atoms with van der Waals surface area (Å²) >= 11 is 1.93. The van der Waals surface area contributed by atoms with Gasteiger partial charge in [0.15, 0.2) is 0 Å². The summed E-state index contributed by atoms with van der Waals surface area (Å²) < 4.78 is 26.0. The summed E-state index contributed by atoms with van der Waals surface area (Å²) in [6, 6.07) is 5.23. The average Bonchev–Trinajstić information content (AvgIpc) is 2.37. The Balaban J connectivity index is 2.44. The highest BCUT2D eigenvalue weighted by Gasteiger charge is 2.30. The van der Waals surface area contributed by atoms with Crippen LogP contribution < -0.4 is 10.6 Å². The zero-order valence-electron chi connectivity index (χ0n) is 13.0. The zero-order chi connectivity index (χ0) is 15.8. The second kappa shape index (κ2) is 5.70. The number of nitrogens with two attached hydrogens (primary N) is 1. The van der Waals surface area contributed by atoms with Gasteiger partial charge in [0.25, 0.3) is 0 Å². The highest BCUT2D eigenvalue weighted by atomic mass is 32.2. The van der Waals surface area contributed by atoms with Gasteiger partial charge in [0.1, 0.15) is 4.90 Å². The predicted octanol–water partition coefficient (Wildman–Crippen LogP) is 1.85. The summed E-state index contributed by atoms with van der Waals surface area (Å²) in [4.78, 5) is 2.36. The van der Waals surface area contributed by atoms with Crippen LogP contribution in [0.15, 0.2) is 23.1 Å². The molecule has 1 fully saturated rings. The Bertz CT molecular complexity index is 627. The van der Waals surface area contributed by atoms with Crippen molar-refractivity contribution in [2.75, 3.05) is 43.6 Å². The highest BCUT2D eigenvalue weighted by Crippen LogP contribution is 2.36. The number of anilines is 2. The molecule has 0 bridgehead atoms. The Labute approximate surface area is 131 Å². The van der Waals surface area contributed by atoms with Gasteiger partial charge in [-0.1, -0.05) is 6.07 Å². The van der Waals surface area contributed by atoms with Gasteiger partial charge in [-0.3, -0.25) is 0 Å². The minimum atomic E-state index is -3.52. The molecule has 7 heteroatoms. The van der Waals surface area contributed by atoms with Crippen molar-refractivity contribution in [3.05, 3.63) is 18.2 Å². The van der Waals surface area contributed by atoms with Gasteiger partial charge in [0, 0.05) is 37.7 Å². The van der Waals surface area contributed by atoms with Gasteiger partial charge in [-0.15, -0.1) is 0 Å². The molecule has 0 saturated carbocycles. The topological polar surface area (TPSA) is 66.6 Å². The molecule has 5 nitrogen and oxygen atoms in total. The second-order valence-electron chi connectivity index (χ2n) is 6.01. The molecule has 118 valence electrons. The van der Waals surface area contributed by atoms with E-state index in [4.69, 9.17) is 5.73 Å². The normalized spacial score (nSPS) is 19.0. The van der Waals surface area contributed by atoms with E-state index in [2.05, 4.69) is 18.7 Å². The minimum Gasteiger partial charge on any atom is -0.396 e. The van der Waals surface area contributed by atoms with Crippen LogP contribution in [0, 0.1) is 0 Å². The lowest BCUT2D eigenvalue weighted by Crippen LogP contribution is -2.43. The van der Waals surface area contributed by atoms with Crippen molar-refractivity contribution in [3.8, 4) is 0 Å². The Morgan fingerprint density at radius 3 is 2.57 bits per heavy atom. The second-order valence-corrected chi connectivity index (χ2v) is 9.93. The summed E-state index contributed by atoms with van der Waals surface area (Å²) in [6.45, 7) is 6.12. The fourth-order valence-electron chi connectivity index (χ4n) is 2.45. The third-order valence-corrected chi connectivity index (χ3v) is 6.74. The van der Waals surface area contributed by atoms with E-state index < -0.39 is 10.0 Å². The van der Waals surface area contributed by atoms with Crippen LogP contribution in [0.1, 0.15) is 13.8 Å². The van der Waals surface area contributed by atoms with Gasteiger partial charge < -0.3 is 10.6 Å². The van der Waals surface area contributed by atoms with Gasteiger partial charge in [-0.2, -0.15) is 11.8 Å². The fraction of sp³-hybridized carbons (Fsp3) is 0.571. The first-order chi connectivity index (χ1) is 9.65. The quantitative estimate of drug-likeness (QED) is 0.857. The molecule has 0 radical (unpaired) electrons. The molecule has 1 aromatic carbocycles. The molecule has 1 aliphatic rings. The molecule has 1 heterocycles. The number of hydrogen-bond acceptors (Lipinski definition) is 5. The molecule has 0 amide bonds. The lowest BCUT2D eigenvalue weighted by Gasteiger charge is -2.39. The molecule has 0 atom stereocenters. The van der Waals surface area contributed by atoms with E-state index in [0.29, 0.717) is 5.69 Å². The summed E-state index contributed by atoms with van der Waals surface area (Å²) in [5, 5.41) is 0. The van der Waals surface area contributed by atoms with Gasteiger partial charge in [-0.25, -0.2) is 12.7 Å². The number of rotatable bonds is 3. The molecule has 0 spiro atoms. The fourth-order valence-corrected chi connectivity index (χ4v) is 4.59. The number of sulfonamides is 1. The van der Waals surface area contributed by atoms with E-state index in [1.54, 1.807) is 12.1 Å². The first kappa shape index (κ1) is 16.5. The smallest absolute Gasteiger partial charge is 0.244 e. The Morgan fingerprint density at radius 1 is 1.33 bits per heavy atom. The number of nitrogen functional groups attached to an aromatic ring is 1. The van der Waals surface area contributed by atoms with Crippen LogP contribution in [0.5, 0.6) is 0 Å². The van der Waals surface area contributed by atoms with Crippen LogP contribution in [0.3, 0.4) is 0 Å². The van der Waals surface area contributed by atoms with Crippen molar-refractivity contribution < 1.29 is 8.42 Å². The number of para-hydroxylation sites is 1. The van der Waals surface area contributed by atoms with Gasteiger partial charge in [0.2, 0.25) is 10.0 Å². The molecule has 0 unspecified atom stereocenters. The molecular formula is C14H23N3O2S2. The van der Waals surface area contributed by atoms with Gasteiger partial charge in [0.05, 0.1) is 11.4 Å². The van der Waals surface area contributed by atoms with Gasteiger partial charge in [-0.05, 0) is 26.0 Å². The predicted molar refractivity (Wildman–Crippen MR) is 90.5 cm³/mol. The molecule has 2 N–H and O–H groups in total. The maximum atomic E-state index is 12.3. The van der Waals surface area contributed by atoms with E-state index in [9.17, 15) is 8.42 Å². The largest absolute Gasteiger partial charge is 0.396 e. The number of hydrogen-bond donors (Lipinski definition) is 1. The minimum absolute atomic E-state index is 0.140. The lowest BCUT2D eigenvalue weighted by atomic mass is 10.1. The average molecular weight is 329 g/mol. The number of nitrogens with zero attached hydrogens (tertiary/aromatic N) is 2. The summed E-state index contributed by atoms with van der Waals surface area (Å²) in [6.07, 6.45) is 0. The molecule has 21 heavy (non-hydrogen) atoms. The SMILES string of the molecule is CN(C)S(=O)(=O)c1cccc(N2CCSC(C)(C)C2)c1N. The first-order valence-electron chi connectivity index (χ1n) is 6.85. The van der Waals surface area contributed by atoms with E-state index >= 15 is 0 Å². The summed E-state index contributed by atoms with van der Waals surface area (Å²) in [5.41, 5.74) is 7.33. The summed E-state index contributed by atoms with van der Waals surface area (Å²) in [7, 11) is -0.489. The number of thioether (sulfide) groups is 1. The van der Waals surface area contributed by atoms with Crippen molar-refractivity contribution in [2.24, 2.45) is 0 Å². The molecule has 0 aliphatic carbocycles. The third-order valence-electron chi connectivity index (χ3n) is 3.57. The Kier molecular flexibility index (Phi) is 4.46. The van der Waals surface area contributed by atoms with Crippen molar-refractivity contribution >= 4 is 33.2 Å². The van der Waals surface area contributed by atoms with Crippen LogP contribution in [-0.4, -0.2) is 50.4 Å². The highest BCUT2D eigenvalue weighted by molar-refractivity contribution is 8.00. The number of benzene rings is 1. The van der Waals surface area contributed by atoms with Crippen molar-refractivity contribution in [3.63, 3.8) is 0 Å². The van der Waals surface area contributed by atoms with Crippen molar-refractivity contribution in [1.29, 1.82) is 0 Å². The maximum Gasteiger partial charge on any atom is 0.244 e. The van der Waals surface area contributed by atoms with Crippen LogP contribution in [-0.2, 0) is 10.0 Å². The Morgan fingerprint density at radius 2 is 2.00 bits per heavy atom. The molecule has 2 rings (SSSR count). The van der Waals surface area contributed by atoms with E-state index in [-0.39, 0.29) is 9.64 Å². The van der Waals surface area contributed by atoms with Crippen molar-refractivity contribution in [1.82, 2.24) is 4.31 Å². The summed E-state index contributed by atoms with van der Waals surface area (Å²) in [5.74, 6) is 1.01. The monoisotopic (exact) mass is 329 g/mol.